The number of carboxylic acids is 1. The van der Waals surface area contributed by atoms with Crippen LogP contribution < -0.4 is 27.4 Å². The minimum absolute atomic E-state index is 0.00261. The molecule has 10 nitrogen and oxygen atoms in total. The standard InChI is InChI=1S/C44H90N6O4/c1-3-5-7-9-11-13-15-17-19-21-23-25-38-50(39-26-24-22-20-18-16-14-12-10-8-6-4-2)42(51)32-31-41(44(53)54)49-43(52)40(48-37-29-34-46)30-27-35-47-36-28-33-45/h40-41,47-48H,3-39,45-46H2,1-2H3,(H,49,52)(H,53,54)/t40-,41-/m0/s1. The topological polar surface area (TPSA) is 163 Å². The van der Waals surface area contributed by atoms with Gasteiger partial charge in [0.2, 0.25) is 11.8 Å². The number of carboxylic acid groups (broad SMARTS) is 1. The highest BCUT2D eigenvalue weighted by atomic mass is 16.4. The number of amides is 2. The van der Waals surface area contributed by atoms with Gasteiger partial charge in [-0.05, 0) is 77.7 Å². The second-order valence-corrected chi connectivity index (χ2v) is 15.8. The van der Waals surface area contributed by atoms with E-state index >= 15 is 0 Å². The second kappa shape index (κ2) is 40.9. The maximum absolute atomic E-state index is 13.6. The lowest BCUT2D eigenvalue weighted by Crippen LogP contribution is -2.51. The number of hydrogen-bond donors (Lipinski definition) is 6. The van der Waals surface area contributed by atoms with Crippen molar-refractivity contribution in [3.8, 4) is 0 Å². The predicted octanol–water partition coefficient (Wildman–Crippen LogP) is 8.59. The first kappa shape index (κ1) is 52.2. The molecule has 0 unspecified atom stereocenters. The zero-order valence-corrected chi connectivity index (χ0v) is 35.6. The molecule has 54 heavy (non-hydrogen) atoms. The molecule has 2 amide bonds. The van der Waals surface area contributed by atoms with E-state index in [-0.39, 0.29) is 24.7 Å². The van der Waals surface area contributed by atoms with E-state index in [2.05, 4.69) is 29.8 Å². The van der Waals surface area contributed by atoms with Crippen molar-refractivity contribution < 1.29 is 19.5 Å². The molecule has 0 fully saturated rings. The Morgan fingerprint density at radius 2 is 0.926 bits per heavy atom. The van der Waals surface area contributed by atoms with Gasteiger partial charge in [0.05, 0.1) is 6.04 Å². The summed E-state index contributed by atoms with van der Waals surface area (Å²) < 4.78 is 0. The molecule has 0 heterocycles. The van der Waals surface area contributed by atoms with Gasteiger partial charge in [-0.3, -0.25) is 9.59 Å². The van der Waals surface area contributed by atoms with Crippen LogP contribution in [-0.2, 0) is 14.4 Å². The van der Waals surface area contributed by atoms with Crippen molar-refractivity contribution in [2.75, 3.05) is 45.8 Å². The summed E-state index contributed by atoms with van der Waals surface area (Å²) >= 11 is 0. The Labute approximate surface area is 333 Å². The Morgan fingerprint density at radius 3 is 1.35 bits per heavy atom. The summed E-state index contributed by atoms with van der Waals surface area (Å²) in [6.07, 6.45) is 33.8. The van der Waals surface area contributed by atoms with Crippen LogP contribution in [0.25, 0.3) is 0 Å². The Balaban J connectivity index is 4.92. The molecule has 0 radical (unpaired) electrons. The molecule has 0 rings (SSSR count). The smallest absolute Gasteiger partial charge is 0.326 e. The molecule has 0 bridgehead atoms. The summed E-state index contributed by atoms with van der Waals surface area (Å²) in [4.78, 5) is 41.1. The fourth-order valence-corrected chi connectivity index (χ4v) is 7.09. The number of carbonyl (C=O) groups excluding carboxylic acids is 2. The maximum Gasteiger partial charge on any atom is 0.326 e. The van der Waals surface area contributed by atoms with Gasteiger partial charge in [0.15, 0.2) is 0 Å². The minimum Gasteiger partial charge on any atom is -0.480 e. The van der Waals surface area contributed by atoms with E-state index in [9.17, 15) is 19.5 Å². The Kier molecular flexibility index (Phi) is 39.6. The first-order valence-electron chi connectivity index (χ1n) is 23.1. The monoisotopic (exact) mass is 767 g/mol. The van der Waals surface area contributed by atoms with E-state index in [0.717, 1.165) is 71.1 Å². The summed E-state index contributed by atoms with van der Waals surface area (Å²) in [5.41, 5.74) is 11.2. The van der Waals surface area contributed by atoms with E-state index in [1.165, 1.54) is 128 Å². The van der Waals surface area contributed by atoms with E-state index in [0.29, 0.717) is 26.1 Å². The Hall–Kier alpha value is -1.75. The van der Waals surface area contributed by atoms with Crippen LogP contribution in [0.3, 0.4) is 0 Å². The lowest BCUT2D eigenvalue weighted by Gasteiger charge is -2.25. The first-order chi connectivity index (χ1) is 26.4. The van der Waals surface area contributed by atoms with Gasteiger partial charge in [-0.15, -0.1) is 0 Å². The summed E-state index contributed by atoms with van der Waals surface area (Å²) in [6, 6.07) is -1.62. The van der Waals surface area contributed by atoms with Crippen molar-refractivity contribution in [3.05, 3.63) is 0 Å². The van der Waals surface area contributed by atoms with Crippen LogP contribution in [-0.4, -0.2) is 85.7 Å². The highest BCUT2D eigenvalue weighted by molar-refractivity contribution is 5.87. The van der Waals surface area contributed by atoms with Crippen molar-refractivity contribution in [2.45, 2.75) is 219 Å². The van der Waals surface area contributed by atoms with Crippen molar-refractivity contribution in [3.63, 3.8) is 0 Å². The lowest BCUT2D eigenvalue weighted by molar-refractivity contribution is -0.142. The van der Waals surface area contributed by atoms with E-state index in [1.54, 1.807) is 0 Å². The number of hydrogen-bond acceptors (Lipinski definition) is 7. The van der Waals surface area contributed by atoms with Crippen LogP contribution in [0.1, 0.15) is 206 Å². The molecule has 0 aromatic rings. The number of nitrogens with zero attached hydrogens (tertiary/aromatic N) is 1. The first-order valence-corrected chi connectivity index (χ1v) is 23.1. The number of aliphatic carboxylic acids is 1. The summed E-state index contributed by atoms with van der Waals surface area (Å²) in [5.74, 6) is -1.43. The number of unbranched alkanes of at least 4 members (excludes halogenated alkanes) is 22. The SMILES string of the molecule is CCCCCCCCCCCCCCN(CCCCCCCCCCCCCC)C(=O)CC[C@H](NC(=O)[C@H](CCCNCCCN)NCCCN)C(=O)O. The molecule has 8 N–H and O–H groups in total. The third-order valence-electron chi connectivity index (χ3n) is 10.7. The van der Waals surface area contributed by atoms with Crippen LogP contribution in [0.4, 0.5) is 0 Å². The van der Waals surface area contributed by atoms with Gasteiger partial charge >= 0.3 is 5.97 Å². The maximum atomic E-state index is 13.6. The number of carbonyl (C=O) groups is 3. The number of nitrogens with two attached hydrogens (primary N) is 2. The van der Waals surface area contributed by atoms with Crippen LogP contribution in [0.5, 0.6) is 0 Å². The fraction of sp³-hybridized carbons (Fsp3) is 0.932. The lowest BCUT2D eigenvalue weighted by atomic mass is 10.0. The van der Waals surface area contributed by atoms with Crippen LogP contribution >= 0.6 is 0 Å². The van der Waals surface area contributed by atoms with Gasteiger partial charge in [0, 0.05) is 19.5 Å². The van der Waals surface area contributed by atoms with Gasteiger partial charge in [0.25, 0.3) is 0 Å². The summed E-state index contributed by atoms with van der Waals surface area (Å²) in [7, 11) is 0. The van der Waals surface area contributed by atoms with Crippen LogP contribution in [0.15, 0.2) is 0 Å². The van der Waals surface area contributed by atoms with Crippen LogP contribution in [0, 0.1) is 0 Å². The van der Waals surface area contributed by atoms with Gasteiger partial charge in [-0.2, -0.15) is 0 Å². The summed E-state index contributed by atoms with van der Waals surface area (Å²) in [6.45, 7) is 9.30. The molecule has 0 aliphatic heterocycles. The van der Waals surface area contributed by atoms with Gasteiger partial charge in [0.1, 0.15) is 6.04 Å². The second-order valence-electron chi connectivity index (χ2n) is 15.8. The Bertz CT molecular complexity index is 820. The molecule has 0 saturated carbocycles. The largest absolute Gasteiger partial charge is 0.480 e. The average molecular weight is 767 g/mol. The molecule has 0 aliphatic carbocycles. The van der Waals surface area contributed by atoms with Crippen molar-refractivity contribution in [2.24, 2.45) is 11.5 Å². The molecular formula is C44H90N6O4. The van der Waals surface area contributed by atoms with Crippen molar-refractivity contribution >= 4 is 17.8 Å². The van der Waals surface area contributed by atoms with Gasteiger partial charge in [-0.25, -0.2) is 4.79 Å². The molecule has 2 atom stereocenters. The van der Waals surface area contributed by atoms with Crippen LogP contribution in [0.2, 0.25) is 0 Å². The van der Waals surface area contributed by atoms with Gasteiger partial charge in [-0.1, -0.05) is 155 Å². The molecule has 320 valence electrons. The number of nitrogens with one attached hydrogen (secondary N) is 3. The van der Waals surface area contributed by atoms with E-state index in [1.807, 2.05) is 4.90 Å². The molecule has 0 aromatic heterocycles. The van der Waals surface area contributed by atoms with Crippen molar-refractivity contribution in [1.82, 2.24) is 20.9 Å². The number of rotatable bonds is 43. The normalized spacial score (nSPS) is 12.5. The predicted molar refractivity (Wildman–Crippen MR) is 229 cm³/mol. The molecular weight excluding hydrogens is 677 g/mol. The van der Waals surface area contributed by atoms with Crippen molar-refractivity contribution in [1.29, 1.82) is 0 Å². The molecule has 0 aliphatic rings. The average Bonchev–Trinajstić information content (AvgIpc) is 3.16. The zero-order valence-electron chi connectivity index (χ0n) is 35.6. The quantitative estimate of drug-likeness (QED) is 0.0336. The van der Waals surface area contributed by atoms with Gasteiger partial charge < -0.3 is 37.4 Å². The highest BCUT2D eigenvalue weighted by Crippen LogP contribution is 2.15. The Morgan fingerprint density at radius 1 is 0.519 bits per heavy atom. The molecule has 10 heteroatoms. The molecule has 0 saturated heterocycles. The highest BCUT2D eigenvalue weighted by Gasteiger charge is 2.26. The third kappa shape index (κ3) is 33.6. The third-order valence-corrected chi connectivity index (χ3v) is 10.7. The fourth-order valence-electron chi connectivity index (χ4n) is 7.09. The molecule has 0 aromatic carbocycles. The molecule has 0 spiro atoms. The summed E-state index contributed by atoms with van der Waals surface area (Å²) in [5, 5.41) is 19.4. The minimum atomic E-state index is -1.11. The van der Waals surface area contributed by atoms with E-state index < -0.39 is 18.1 Å². The van der Waals surface area contributed by atoms with E-state index in [4.69, 9.17) is 11.5 Å². The zero-order chi connectivity index (χ0) is 39.7.